The maximum Gasteiger partial charge on any atom is 0.387 e. The van der Waals surface area contributed by atoms with Crippen molar-refractivity contribution >= 4 is 17.5 Å². The van der Waals surface area contributed by atoms with E-state index in [1.807, 2.05) is 0 Å². The smallest absolute Gasteiger partial charge is 0.387 e. The Kier molecular flexibility index (Phi) is 5.07. The van der Waals surface area contributed by atoms with Crippen LogP contribution in [0.2, 0.25) is 0 Å². The van der Waals surface area contributed by atoms with Crippen molar-refractivity contribution in [2.75, 3.05) is 11.9 Å². The van der Waals surface area contributed by atoms with Crippen LogP contribution in [-0.4, -0.2) is 25.0 Å². The van der Waals surface area contributed by atoms with Gasteiger partial charge >= 0.3 is 6.61 Å². The second kappa shape index (κ2) is 7.21. The van der Waals surface area contributed by atoms with Crippen LogP contribution in [0.4, 0.5) is 14.5 Å². The van der Waals surface area contributed by atoms with Crippen molar-refractivity contribution in [3.63, 3.8) is 0 Å². The number of carbonyl (C=O) groups is 2. The first-order valence-electron chi connectivity index (χ1n) is 6.20. The fourth-order valence-electron chi connectivity index (χ4n) is 1.58. The van der Waals surface area contributed by atoms with Gasteiger partial charge in [0.25, 0.3) is 5.91 Å². The fraction of sp³-hybridized carbons (Fsp3) is 0.143. The van der Waals surface area contributed by atoms with Gasteiger partial charge in [0.2, 0.25) is 5.91 Å². The molecule has 2 rings (SSSR count). The SMILES string of the molecule is O=C(CNC(=O)c1ccoc1)Nc1ccc(OC(F)F)cc1. The van der Waals surface area contributed by atoms with Crippen molar-refractivity contribution in [1.82, 2.24) is 5.32 Å². The first kappa shape index (κ1) is 15.5. The van der Waals surface area contributed by atoms with E-state index in [0.717, 1.165) is 0 Å². The minimum Gasteiger partial charge on any atom is -0.472 e. The third-order valence-corrected chi connectivity index (χ3v) is 2.56. The minimum absolute atomic E-state index is 0.0127. The standard InChI is InChI=1S/C14H12F2N2O4/c15-14(16)22-11-3-1-10(2-4-11)18-12(19)7-17-13(20)9-5-6-21-8-9/h1-6,8,14H,7H2,(H,17,20)(H,18,19). The van der Waals surface area contributed by atoms with E-state index in [1.54, 1.807) is 0 Å². The molecule has 0 unspecified atom stereocenters. The van der Waals surface area contributed by atoms with Gasteiger partial charge in [-0.15, -0.1) is 0 Å². The quantitative estimate of drug-likeness (QED) is 0.857. The molecule has 0 aliphatic carbocycles. The highest BCUT2D eigenvalue weighted by Gasteiger charge is 2.09. The highest BCUT2D eigenvalue weighted by Crippen LogP contribution is 2.17. The van der Waals surface area contributed by atoms with Crippen LogP contribution in [-0.2, 0) is 4.79 Å². The van der Waals surface area contributed by atoms with Crippen molar-refractivity contribution in [2.24, 2.45) is 0 Å². The van der Waals surface area contributed by atoms with Gasteiger partial charge in [-0.1, -0.05) is 0 Å². The van der Waals surface area contributed by atoms with Gasteiger partial charge in [-0.2, -0.15) is 8.78 Å². The molecule has 116 valence electrons. The molecule has 0 fully saturated rings. The summed E-state index contributed by atoms with van der Waals surface area (Å²) in [4.78, 5) is 23.2. The van der Waals surface area contributed by atoms with Crippen LogP contribution >= 0.6 is 0 Å². The van der Waals surface area contributed by atoms with Gasteiger partial charge in [0, 0.05) is 5.69 Å². The molecule has 2 amide bonds. The summed E-state index contributed by atoms with van der Waals surface area (Å²) in [5.74, 6) is -0.912. The number of amides is 2. The van der Waals surface area contributed by atoms with Crippen LogP contribution < -0.4 is 15.4 Å². The number of hydrogen-bond donors (Lipinski definition) is 2. The van der Waals surface area contributed by atoms with Gasteiger partial charge < -0.3 is 19.8 Å². The van der Waals surface area contributed by atoms with Crippen molar-refractivity contribution in [3.8, 4) is 5.75 Å². The predicted molar refractivity (Wildman–Crippen MR) is 72.7 cm³/mol. The Bertz CT molecular complexity index is 627. The van der Waals surface area contributed by atoms with E-state index in [0.29, 0.717) is 11.3 Å². The number of hydrogen-bond acceptors (Lipinski definition) is 4. The number of anilines is 1. The number of rotatable bonds is 6. The van der Waals surface area contributed by atoms with E-state index in [-0.39, 0.29) is 12.3 Å². The van der Waals surface area contributed by atoms with E-state index < -0.39 is 18.4 Å². The lowest BCUT2D eigenvalue weighted by molar-refractivity contribution is -0.115. The molecule has 0 saturated heterocycles. The molecule has 22 heavy (non-hydrogen) atoms. The van der Waals surface area contributed by atoms with Crippen molar-refractivity contribution in [3.05, 3.63) is 48.4 Å². The largest absolute Gasteiger partial charge is 0.472 e. The molecule has 2 aromatic rings. The molecule has 1 aromatic carbocycles. The van der Waals surface area contributed by atoms with Crippen LogP contribution in [0.15, 0.2) is 47.3 Å². The monoisotopic (exact) mass is 310 g/mol. The highest BCUT2D eigenvalue weighted by atomic mass is 19.3. The molecule has 0 bridgehead atoms. The summed E-state index contributed by atoms with van der Waals surface area (Å²) in [5.41, 5.74) is 0.700. The summed E-state index contributed by atoms with van der Waals surface area (Å²) >= 11 is 0. The van der Waals surface area contributed by atoms with E-state index in [2.05, 4.69) is 15.4 Å². The average molecular weight is 310 g/mol. The summed E-state index contributed by atoms with van der Waals surface area (Å²) in [6, 6.07) is 6.88. The van der Waals surface area contributed by atoms with Crippen molar-refractivity contribution in [2.45, 2.75) is 6.61 Å². The second-order valence-corrected chi connectivity index (χ2v) is 4.15. The van der Waals surface area contributed by atoms with Gasteiger partial charge in [-0.25, -0.2) is 0 Å². The normalized spacial score (nSPS) is 10.3. The maximum atomic E-state index is 12.0. The molecule has 0 aliphatic rings. The van der Waals surface area contributed by atoms with Crippen molar-refractivity contribution < 1.29 is 27.5 Å². The molecule has 0 atom stereocenters. The lowest BCUT2D eigenvalue weighted by atomic mass is 10.3. The van der Waals surface area contributed by atoms with E-state index in [4.69, 9.17) is 4.42 Å². The fourth-order valence-corrected chi connectivity index (χ4v) is 1.58. The Hall–Kier alpha value is -2.90. The summed E-state index contributed by atoms with van der Waals surface area (Å²) in [6.45, 7) is -3.14. The molecule has 0 radical (unpaired) electrons. The van der Waals surface area contributed by atoms with Gasteiger partial charge in [0.15, 0.2) is 0 Å². The first-order chi connectivity index (χ1) is 10.5. The van der Waals surface area contributed by atoms with Gasteiger partial charge in [0.05, 0.1) is 18.4 Å². The average Bonchev–Trinajstić information content (AvgIpc) is 3.00. The van der Waals surface area contributed by atoms with Crippen LogP contribution in [0, 0.1) is 0 Å². The zero-order valence-corrected chi connectivity index (χ0v) is 11.2. The Morgan fingerprint density at radius 3 is 2.50 bits per heavy atom. The molecule has 2 N–H and O–H groups in total. The zero-order chi connectivity index (χ0) is 15.9. The number of benzene rings is 1. The topological polar surface area (TPSA) is 80.6 Å². The molecule has 1 heterocycles. The number of furan rings is 1. The summed E-state index contributed by atoms with van der Waals surface area (Å²) in [6.07, 6.45) is 2.60. The molecular weight excluding hydrogens is 298 g/mol. The summed E-state index contributed by atoms with van der Waals surface area (Å²) < 4.78 is 32.9. The Morgan fingerprint density at radius 1 is 1.18 bits per heavy atom. The number of alkyl halides is 2. The molecular formula is C14H12F2N2O4. The van der Waals surface area contributed by atoms with E-state index in [1.165, 1.54) is 42.9 Å². The van der Waals surface area contributed by atoms with Crippen LogP contribution in [0.1, 0.15) is 10.4 Å². The van der Waals surface area contributed by atoms with E-state index in [9.17, 15) is 18.4 Å². The van der Waals surface area contributed by atoms with E-state index >= 15 is 0 Å². The number of ether oxygens (including phenoxy) is 1. The minimum atomic E-state index is -2.90. The van der Waals surface area contributed by atoms with Gasteiger partial charge in [-0.05, 0) is 30.3 Å². The number of halogens is 2. The van der Waals surface area contributed by atoms with Gasteiger partial charge in [-0.3, -0.25) is 9.59 Å². The molecule has 1 aromatic heterocycles. The molecule has 6 nitrogen and oxygen atoms in total. The Morgan fingerprint density at radius 2 is 1.91 bits per heavy atom. The lowest BCUT2D eigenvalue weighted by Crippen LogP contribution is -2.32. The zero-order valence-electron chi connectivity index (χ0n) is 11.2. The molecule has 0 saturated carbocycles. The highest BCUT2D eigenvalue weighted by molar-refractivity contribution is 5.99. The van der Waals surface area contributed by atoms with Crippen LogP contribution in [0.25, 0.3) is 0 Å². The third-order valence-electron chi connectivity index (χ3n) is 2.56. The Labute approximate surface area is 124 Å². The molecule has 0 spiro atoms. The molecule has 8 heteroatoms. The van der Waals surface area contributed by atoms with Crippen molar-refractivity contribution in [1.29, 1.82) is 0 Å². The summed E-state index contributed by atoms with van der Waals surface area (Å²) in [5, 5.41) is 4.91. The molecule has 0 aliphatic heterocycles. The van der Waals surface area contributed by atoms with Crippen LogP contribution in [0.3, 0.4) is 0 Å². The first-order valence-corrected chi connectivity index (χ1v) is 6.20. The van der Waals surface area contributed by atoms with Gasteiger partial charge in [0.1, 0.15) is 12.0 Å². The predicted octanol–water partition coefficient (Wildman–Crippen LogP) is 2.25. The maximum absolute atomic E-state index is 12.0. The second-order valence-electron chi connectivity index (χ2n) is 4.15. The number of carbonyl (C=O) groups excluding carboxylic acids is 2. The third kappa shape index (κ3) is 4.58. The lowest BCUT2D eigenvalue weighted by Gasteiger charge is -2.08. The van der Waals surface area contributed by atoms with Crippen LogP contribution in [0.5, 0.6) is 5.75 Å². The summed E-state index contributed by atoms with van der Waals surface area (Å²) in [7, 11) is 0. The Balaban J connectivity index is 1.80. The number of nitrogens with one attached hydrogen (secondary N) is 2.